The van der Waals surface area contributed by atoms with E-state index in [9.17, 15) is 0 Å². The van der Waals surface area contributed by atoms with E-state index in [2.05, 4.69) is 6.58 Å². The quantitative estimate of drug-likeness (QED) is 0.0588. The van der Waals surface area contributed by atoms with E-state index in [4.69, 9.17) is 22.6 Å². The molecule has 6 nitrogen and oxygen atoms in total. The zero-order chi connectivity index (χ0) is 38.0. The maximum absolute atomic E-state index is 15.2. The van der Waals surface area contributed by atoms with Crippen LogP contribution in [0.3, 0.4) is 0 Å². The highest BCUT2D eigenvalue weighted by Gasteiger charge is 2.35. The van der Waals surface area contributed by atoms with Gasteiger partial charge in [0.1, 0.15) is 28.8 Å². The minimum absolute atomic E-state index is 0.455. The van der Waals surface area contributed by atoms with Crippen LogP contribution < -0.4 is 34.0 Å². The Morgan fingerprint density at radius 1 is 0.593 bits per heavy atom. The van der Waals surface area contributed by atoms with Crippen LogP contribution in [0.5, 0.6) is 23.0 Å². The monoisotopic (exact) mass is 772 g/mol. The Balaban J connectivity index is 0.000000278. The summed E-state index contributed by atoms with van der Waals surface area (Å²) >= 11 is 0. The zero-order valence-corrected chi connectivity index (χ0v) is 33.2. The van der Waals surface area contributed by atoms with E-state index < -0.39 is 24.1 Å². The van der Waals surface area contributed by atoms with Crippen molar-refractivity contribution in [1.82, 2.24) is 0 Å². The Hall–Kier alpha value is -5.37. The van der Waals surface area contributed by atoms with Gasteiger partial charge in [0.05, 0.1) is 5.30 Å². The van der Waals surface area contributed by atoms with Gasteiger partial charge in [-0.1, -0.05) is 140 Å². The van der Waals surface area contributed by atoms with E-state index in [1.165, 1.54) is 0 Å². The van der Waals surface area contributed by atoms with Crippen LogP contribution in [0.25, 0.3) is 0 Å². The summed E-state index contributed by atoms with van der Waals surface area (Å²) in [5, 5.41) is 2.10. The third-order valence-electron chi connectivity index (χ3n) is 7.62. The fourth-order valence-electron chi connectivity index (χ4n) is 5.22. The molecule has 2 unspecified atom stereocenters. The molecule has 0 aromatic heterocycles. The first-order valence-electron chi connectivity index (χ1n) is 17.3. The number of benzene rings is 6. The van der Waals surface area contributed by atoms with Gasteiger partial charge in [-0.05, 0) is 80.1 Å². The highest BCUT2D eigenvalue weighted by atomic mass is 31.2. The van der Waals surface area contributed by atoms with E-state index in [0.717, 1.165) is 27.7 Å². The molecule has 0 amide bonds. The average molecular weight is 773 g/mol. The predicted molar refractivity (Wildman–Crippen MR) is 226 cm³/mol. The Morgan fingerprint density at radius 2 is 1.06 bits per heavy atom. The maximum atomic E-state index is 15.2. The molecule has 0 aliphatic heterocycles. The van der Waals surface area contributed by atoms with Gasteiger partial charge in [0.15, 0.2) is 7.14 Å². The molecule has 274 valence electrons. The molecule has 0 saturated carbocycles. The third kappa shape index (κ3) is 11.3. The van der Waals surface area contributed by atoms with Gasteiger partial charge >= 0.3 is 8.60 Å². The van der Waals surface area contributed by atoms with Crippen LogP contribution in [-0.4, -0.2) is 6.66 Å². The van der Waals surface area contributed by atoms with Gasteiger partial charge < -0.3 is 27.2 Å². The van der Waals surface area contributed by atoms with Crippen LogP contribution in [0.4, 0.5) is 0 Å². The highest BCUT2D eigenvalue weighted by molar-refractivity contribution is 7.85. The molecular formula is C45H43O6P3. The molecule has 0 aliphatic rings. The third-order valence-corrected chi connectivity index (χ3v) is 12.9. The first kappa shape index (κ1) is 39.8. The minimum Gasteiger partial charge on any atom is -0.439 e. The number of hydrogen-bond acceptors (Lipinski definition) is 6. The number of allylic oxidation sites excluding steroid dienone is 4. The summed E-state index contributed by atoms with van der Waals surface area (Å²) in [7, 11) is -6.20. The molecule has 0 fully saturated rings. The summed E-state index contributed by atoms with van der Waals surface area (Å²) in [6, 6.07) is 53.2. The minimum atomic E-state index is -3.30. The normalized spacial score (nSPS) is 12.8. The van der Waals surface area contributed by atoms with Crippen molar-refractivity contribution in [3.05, 3.63) is 212 Å². The zero-order valence-electron chi connectivity index (χ0n) is 30.5. The van der Waals surface area contributed by atoms with Crippen molar-refractivity contribution in [2.45, 2.75) is 13.8 Å². The summed E-state index contributed by atoms with van der Waals surface area (Å²) in [4.78, 5) is 0. The van der Waals surface area contributed by atoms with E-state index in [-0.39, 0.29) is 0 Å². The number of aryl methyl sites for hydroxylation is 1. The number of hydrogen-bond donors (Lipinski definition) is 0. The molecule has 2 atom stereocenters. The average Bonchev–Trinajstić information content (AvgIpc) is 3.20. The highest BCUT2D eigenvalue weighted by Crippen LogP contribution is 2.49. The molecule has 9 heteroatoms. The lowest BCUT2D eigenvalue weighted by Crippen LogP contribution is -2.27. The van der Waals surface area contributed by atoms with Crippen LogP contribution >= 0.6 is 24.1 Å². The molecule has 0 aliphatic carbocycles. The number of rotatable bonds is 15. The van der Waals surface area contributed by atoms with Crippen LogP contribution in [0.2, 0.25) is 0 Å². The summed E-state index contributed by atoms with van der Waals surface area (Å²) in [6.45, 7) is 9.49. The van der Waals surface area contributed by atoms with Crippen LogP contribution in [0.1, 0.15) is 12.5 Å². The predicted octanol–water partition coefficient (Wildman–Crippen LogP) is 12.1. The van der Waals surface area contributed by atoms with E-state index in [0.29, 0.717) is 22.6 Å². The summed E-state index contributed by atoms with van der Waals surface area (Å²) in [5.74, 6) is 3.27. The molecule has 0 heterocycles. The molecule has 0 radical (unpaired) electrons. The lowest BCUT2D eigenvalue weighted by Gasteiger charge is -2.25. The second-order valence-corrected chi connectivity index (χ2v) is 16.5. The topological polar surface area (TPSA) is 63.2 Å². The SMILES string of the molecule is C=C/C=C(\C=C/C)OP(C)Oc1ccccc1.Cc1ccccc1P(=O)(c1ccccc1)c1ccccc1OP(Oc1ccccc1)Oc1ccccc1. The van der Waals surface area contributed by atoms with Crippen molar-refractivity contribution in [3.8, 4) is 23.0 Å². The molecule has 0 N–H and O–H groups in total. The van der Waals surface area contributed by atoms with Crippen molar-refractivity contribution in [3.63, 3.8) is 0 Å². The smallest absolute Gasteiger partial charge is 0.439 e. The molecule has 6 aromatic rings. The Morgan fingerprint density at radius 3 is 1.57 bits per heavy atom. The first-order valence-corrected chi connectivity index (χ1v) is 21.7. The second kappa shape index (κ2) is 20.8. The largest absolute Gasteiger partial charge is 0.530 e. The lowest BCUT2D eigenvalue weighted by molar-refractivity contribution is 0.389. The summed E-state index contributed by atoms with van der Waals surface area (Å²) < 4.78 is 45.3. The van der Waals surface area contributed by atoms with E-state index >= 15 is 4.57 Å². The Kier molecular flexibility index (Phi) is 15.3. The van der Waals surface area contributed by atoms with Crippen molar-refractivity contribution >= 4 is 40.0 Å². The number of para-hydroxylation sites is 4. The van der Waals surface area contributed by atoms with Gasteiger partial charge in [0, 0.05) is 17.3 Å². The Labute approximate surface area is 321 Å². The molecule has 6 aromatic carbocycles. The summed E-state index contributed by atoms with van der Waals surface area (Å²) in [5.41, 5.74) is 0.952. The van der Waals surface area contributed by atoms with Gasteiger partial charge in [-0.2, -0.15) is 0 Å². The van der Waals surface area contributed by atoms with Gasteiger partial charge in [0.2, 0.25) is 0 Å². The Bertz CT molecular complexity index is 2100. The van der Waals surface area contributed by atoms with Gasteiger partial charge in [-0.3, -0.25) is 0 Å². The fraction of sp³-hybridized carbons (Fsp3) is 0.0667. The van der Waals surface area contributed by atoms with Crippen LogP contribution in [0.15, 0.2) is 207 Å². The standard InChI is InChI=1S/C31H26O4P2.C14H17O2P/c1-25-15-11-13-23-30(25)37(32,28-20-9-4-10-21-28)31-24-14-12-22-29(31)35-36(33-26-16-5-2-6-17-26)34-27-18-7-3-8-19-27;1-4-9-13(10-5-2)15-17(3)16-14-11-7-6-8-12-14/h2-24H,1H3;4-12H,1H2,2-3H3/b;10-5-,13-9+. The lowest BCUT2D eigenvalue weighted by atomic mass is 10.2. The van der Waals surface area contributed by atoms with Crippen molar-refractivity contribution < 1.29 is 27.2 Å². The molecule has 6 rings (SSSR count). The molecule has 0 spiro atoms. The molecule has 54 heavy (non-hydrogen) atoms. The second-order valence-electron chi connectivity index (χ2n) is 11.6. The van der Waals surface area contributed by atoms with E-state index in [1.807, 2.05) is 209 Å². The van der Waals surface area contributed by atoms with Crippen molar-refractivity contribution in [1.29, 1.82) is 0 Å². The molecular weight excluding hydrogens is 729 g/mol. The first-order chi connectivity index (χ1) is 26.4. The maximum Gasteiger partial charge on any atom is 0.530 e. The fourth-order valence-corrected chi connectivity index (χ4v) is 10.2. The van der Waals surface area contributed by atoms with Crippen LogP contribution in [-0.2, 0) is 9.09 Å². The van der Waals surface area contributed by atoms with Gasteiger partial charge in [-0.25, -0.2) is 0 Å². The van der Waals surface area contributed by atoms with Crippen molar-refractivity contribution in [2.75, 3.05) is 6.66 Å². The van der Waals surface area contributed by atoms with Crippen LogP contribution in [0, 0.1) is 6.92 Å². The van der Waals surface area contributed by atoms with Crippen molar-refractivity contribution in [2.24, 2.45) is 0 Å². The molecule has 0 bridgehead atoms. The van der Waals surface area contributed by atoms with Gasteiger partial charge in [-0.15, -0.1) is 0 Å². The summed E-state index contributed by atoms with van der Waals surface area (Å²) in [6.07, 6.45) is 7.31. The van der Waals surface area contributed by atoms with E-state index in [1.54, 1.807) is 6.08 Å². The van der Waals surface area contributed by atoms with Gasteiger partial charge in [0.25, 0.3) is 8.38 Å². The molecule has 0 saturated heterocycles.